The van der Waals surface area contributed by atoms with Crippen molar-refractivity contribution >= 4 is 11.6 Å². The van der Waals surface area contributed by atoms with E-state index < -0.39 is 5.54 Å². The summed E-state index contributed by atoms with van der Waals surface area (Å²) in [5.74, 6) is 0.0389. The zero-order chi connectivity index (χ0) is 16.6. The fourth-order valence-electron chi connectivity index (χ4n) is 3.64. The quantitative estimate of drug-likeness (QED) is 0.925. The van der Waals surface area contributed by atoms with Crippen molar-refractivity contribution in [2.45, 2.75) is 24.8 Å². The molecule has 2 aliphatic rings. The summed E-state index contributed by atoms with van der Waals surface area (Å²) < 4.78 is 5.36. The van der Waals surface area contributed by atoms with E-state index in [1.165, 1.54) is 16.7 Å². The van der Waals surface area contributed by atoms with Crippen molar-refractivity contribution in [3.8, 4) is 11.1 Å². The van der Waals surface area contributed by atoms with Gasteiger partial charge in [-0.05, 0) is 48.1 Å². The van der Waals surface area contributed by atoms with Crippen LogP contribution in [-0.2, 0) is 16.0 Å². The second kappa shape index (κ2) is 6.04. The molecule has 0 radical (unpaired) electrons. The maximum absolute atomic E-state index is 13.0. The third-order valence-corrected chi connectivity index (χ3v) is 5.14. The van der Waals surface area contributed by atoms with Crippen LogP contribution in [-0.4, -0.2) is 31.2 Å². The molecule has 124 valence electrons. The monoisotopic (exact) mass is 322 g/mol. The zero-order valence-electron chi connectivity index (χ0n) is 13.7. The highest BCUT2D eigenvalue weighted by Crippen LogP contribution is 2.34. The molecule has 0 unspecified atom stereocenters. The number of nitrogens with two attached hydrogens (primary N) is 1. The van der Waals surface area contributed by atoms with Crippen molar-refractivity contribution < 1.29 is 9.53 Å². The normalized spacial score (nSPS) is 19.1. The van der Waals surface area contributed by atoms with E-state index in [4.69, 9.17) is 10.5 Å². The Bertz CT molecular complexity index is 751. The van der Waals surface area contributed by atoms with Gasteiger partial charge in [-0.15, -0.1) is 0 Å². The van der Waals surface area contributed by atoms with Crippen LogP contribution in [0.4, 0.5) is 5.69 Å². The Labute approximate surface area is 142 Å². The number of nitrogens with zero attached hydrogens (tertiary/aromatic N) is 1. The van der Waals surface area contributed by atoms with Crippen LogP contribution in [0.1, 0.15) is 18.4 Å². The van der Waals surface area contributed by atoms with Gasteiger partial charge >= 0.3 is 0 Å². The van der Waals surface area contributed by atoms with E-state index in [0.717, 1.165) is 12.1 Å². The molecule has 1 fully saturated rings. The number of hydrogen-bond acceptors (Lipinski definition) is 3. The number of carbonyl (C=O) groups is 1. The lowest BCUT2D eigenvalue weighted by atomic mass is 9.89. The molecule has 0 atom stereocenters. The molecule has 4 heteroatoms. The van der Waals surface area contributed by atoms with Gasteiger partial charge in [0.05, 0.1) is 0 Å². The SMILES string of the molecule is NC1(C(=O)N2CCc3cc(-c4ccccc4)ccc32)CCOCC1. The van der Waals surface area contributed by atoms with Crippen LogP contribution in [0.2, 0.25) is 0 Å². The summed E-state index contributed by atoms with van der Waals surface area (Å²) in [6.07, 6.45) is 2.08. The number of rotatable bonds is 2. The first-order valence-electron chi connectivity index (χ1n) is 8.54. The molecule has 4 rings (SSSR count). The second-order valence-corrected chi connectivity index (χ2v) is 6.68. The number of hydrogen-bond donors (Lipinski definition) is 1. The van der Waals surface area contributed by atoms with Crippen molar-refractivity contribution in [2.75, 3.05) is 24.7 Å². The molecule has 1 saturated heterocycles. The van der Waals surface area contributed by atoms with Crippen molar-refractivity contribution in [1.29, 1.82) is 0 Å². The van der Waals surface area contributed by atoms with Crippen LogP contribution in [0.15, 0.2) is 48.5 Å². The van der Waals surface area contributed by atoms with Gasteiger partial charge < -0.3 is 15.4 Å². The van der Waals surface area contributed by atoms with E-state index in [1.54, 1.807) is 0 Å². The minimum Gasteiger partial charge on any atom is -0.381 e. The van der Waals surface area contributed by atoms with Crippen LogP contribution in [0.3, 0.4) is 0 Å². The van der Waals surface area contributed by atoms with E-state index in [0.29, 0.717) is 32.6 Å². The molecule has 2 aromatic rings. The van der Waals surface area contributed by atoms with Crippen molar-refractivity contribution in [3.63, 3.8) is 0 Å². The molecule has 2 N–H and O–H groups in total. The van der Waals surface area contributed by atoms with Crippen molar-refractivity contribution in [1.82, 2.24) is 0 Å². The van der Waals surface area contributed by atoms with Crippen LogP contribution in [0, 0.1) is 0 Å². The van der Waals surface area contributed by atoms with Gasteiger partial charge in [-0.1, -0.05) is 36.4 Å². The number of anilines is 1. The topological polar surface area (TPSA) is 55.6 Å². The minimum absolute atomic E-state index is 0.0389. The highest BCUT2D eigenvalue weighted by atomic mass is 16.5. The Kier molecular flexibility index (Phi) is 3.87. The molecule has 2 aromatic carbocycles. The summed E-state index contributed by atoms with van der Waals surface area (Å²) in [4.78, 5) is 14.9. The first kappa shape index (κ1) is 15.4. The average Bonchev–Trinajstić information content (AvgIpc) is 3.05. The molecule has 0 spiro atoms. The van der Waals surface area contributed by atoms with Gasteiger partial charge in [-0.25, -0.2) is 0 Å². The predicted octanol–water partition coefficient (Wildman–Crippen LogP) is 2.75. The first-order valence-corrected chi connectivity index (χ1v) is 8.54. The van der Waals surface area contributed by atoms with Gasteiger partial charge in [0.15, 0.2) is 0 Å². The number of amides is 1. The molecule has 0 aromatic heterocycles. The summed E-state index contributed by atoms with van der Waals surface area (Å²) >= 11 is 0. The Balaban J connectivity index is 1.62. The molecule has 4 nitrogen and oxygen atoms in total. The number of carbonyl (C=O) groups excluding carboxylic acids is 1. The lowest BCUT2D eigenvalue weighted by Gasteiger charge is -2.35. The third-order valence-electron chi connectivity index (χ3n) is 5.14. The van der Waals surface area contributed by atoms with Crippen LogP contribution in [0.5, 0.6) is 0 Å². The molecule has 2 aliphatic heterocycles. The summed E-state index contributed by atoms with van der Waals surface area (Å²) in [5.41, 5.74) is 10.2. The van der Waals surface area contributed by atoms with Gasteiger partial charge in [0, 0.05) is 25.4 Å². The van der Waals surface area contributed by atoms with Gasteiger partial charge in [0.1, 0.15) is 5.54 Å². The smallest absolute Gasteiger partial charge is 0.247 e. The highest BCUT2D eigenvalue weighted by molar-refractivity contribution is 6.02. The minimum atomic E-state index is -0.780. The predicted molar refractivity (Wildman–Crippen MR) is 94.9 cm³/mol. The fraction of sp³-hybridized carbons (Fsp3) is 0.350. The van der Waals surface area contributed by atoms with E-state index in [1.807, 2.05) is 23.1 Å². The van der Waals surface area contributed by atoms with Crippen LogP contribution < -0.4 is 10.6 Å². The van der Waals surface area contributed by atoms with Gasteiger partial charge in [-0.3, -0.25) is 4.79 Å². The molecule has 1 amide bonds. The summed E-state index contributed by atoms with van der Waals surface area (Å²) in [6.45, 7) is 1.85. The maximum atomic E-state index is 13.0. The Hall–Kier alpha value is -2.17. The molecule has 24 heavy (non-hydrogen) atoms. The van der Waals surface area contributed by atoms with Gasteiger partial charge in [0.25, 0.3) is 0 Å². The molecule has 0 aliphatic carbocycles. The molecular formula is C20H22N2O2. The Morgan fingerprint density at radius 2 is 1.79 bits per heavy atom. The van der Waals surface area contributed by atoms with Crippen LogP contribution >= 0.6 is 0 Å². The van der Waals surface area contributed by atoms with Crippen molar-refractivity contribution in [3.05, 3.63) is 54.1 Å². The summed E-state index contributed by atoms with van der Waals surface area (Å²) in [6, 6.07) is 16.7. The Morgan fingerprint density at radius 3 is 2.54 bits per heavy atom. The van der Waals surface area contributed by atoms with Crippen LogP contribution in [0.25, 0.3) is 11.1 Å². The van der Waals surface area contributed by atoms with E-state index in [-0.39, 0.29) is 5.91 Å². The first-order chi connectivity index (χ1) is 11.7. The molecule has 0 bridgehead atoms. The molecule has 2 heterocycles. The largest absolute Gasteiger partial charge is 0.381 e. The van der Waals surface area contributed by atoms with Gasteiger partial charge in [-0.2, -0.15) is 0 Å². The number of ether oxygens (including phenoxy) is 1. The zero-order valence-corrected chi connectivity index (χ0v) is 13.7. The molecule has 0 saturated carbocycles. The summed E-state index contributed by atoms with van der Waals surface area (Å²) in [7, 11) is 0. The second-order valence-electron chi connectivity index (χ2n) is 6.68. The fourth-order valence-corrected chi connectivity index (χ4v) is 3.64. The highest BCUT2D eigenvalue weighted by Gasteiger charge is 2.41. The Morgan fingerprint density at radius 1 is 1.04 bits per heavy atom. The van der Waals surface area contributed by atoms with E-state index in [9.17, 15) is 4.79 Å². The van der Waals surface area contributed by atoms with E-state index in [2.05, 4.69) is 30.3 Å². The number of fused-ring (bicyclic) bond motifs is 1. The maximum Gasteiger partial charge on any atom is 0.247 e. The standard InChI is InChI=1S/C20H22N2O2/c21-20(9-12-24-13-10-20)19(23)22-11-8-17-14-16(6-7-18(17)22)15-4-2-1-3-5-15/h1-7,14H,8-13,21H2. The summed E-state index contributed by atoms with van der Waals surface area (Å²) in [5, 5.41) is 0. The van der Waals surface area contributed by atoms with Crippen molar-refractivity contribution in [2.24, 2.45) is 5.73 Å². The average molecular weight is 322 g/mol. The third kappa shape index (κ3) is 2.62. The van der Waals surface area contributed by atoms with E-state index >= 15 is 0 Å². The number of benzene rings is 2. The lowest BCUT2D eigenvalue weighted by molar-refractivity contribution is -0.126. The van der Waals surface area contributed by atoms with Gasteiger partial charge in [0.2, 0.25) is 5.91 Å². The molecular weight excluding hydrogens is 300 g/mol. The lowest BCUT2D eigenvalue weighted by Crippen LogP contribution is -2.58.